The Bertz CT molecular complexity index is 364. The zero-order valence-corrected chi connectivity index (χ0v) is 12.2. The van der Waals surface area contributed by atoms with Crippen molar-refractivity contribution in [2.75, 3.05) is 38.7 Å². The first-order chi connectivity index (χ1) is 7.25. The molecule has 0 bridgehead atoms. The quantitative estimate of drug-likeness (QED) is 0.784. The molecule has 102 valence electrons. The summed E-state index contributed by atoms with van der Waals surface area (Å²) >= 11 is 0. The summed E-state index contributed by atoms with van der Waals surface area (Å²) in [6, 6.07) is 0. The van der Waals surface area contributed by atoms with Gasteiger partial charge in [0, 0.05) is 26.4 Å². The summed E-state index contributed by atoms with van der Waals surface area (Å²) in [6.45, 7) is 3.72. The first kappa shape index (κ1) is 16.7. The van der Waals surface area contributed by atoms with Crippen molar-refractivity contribution in [1.29, 1.82) is 0 Å². The van der Waals surface area contributed by atoms with Crippen LogP contribution >= 0.6 is 12.4 Å². The maximum absolute atomic E-state index is 12.1. The fraction of sp³-hybridized carbons (Fsp3) is 0.900. The van der Waals surface area contributed by atoms with Gasteiger partial charge in [-0.3, -0.25) is 4.79 Å². The number of nitrogens with one attached hydrogen (secondary N) is 1. The van der Waals surface area contributed by atoms with Gasteiger partial charge < -0.3 is 10.2 Å². The van der Waals surface area contributed by atoms with E-state index in [9.17, 15) is 13.2 Å². The molecule has 0 spiro atoms. The minimum absolute atomic E-state index is 0. The molecular weight excluding hydrogens is 264 g/mol. The number of sulfone groups is 1. The van der Waals surface area contributed by atoms with Crippen molar-refractivity contribution in [2.24, 2.45) is 5.41 Å². The molecule has 1 heterocycles. The zero-order valence-electron chi connectivity index (χ0n) is 10.5. The van der Waals surface area contributed by atoms with Crippen LogP contribution in [0.15, 0.2) is 0 Å². The Labute approximate surface area is 109 Å². The van der Waals surface area contributed by atoms with Gasteiger partial charge in [-0.25, -0.2) is 8.42 Å². The summed E-state index contributed by atoms with van der Waals surface area (Å²) in [5.74, 6) is 0.0554. The van der Waals surface area contributed by atoms with E-state index in [2.05, 4.69) is 5.32 Å². The maximum Gasteiger partial charge on any atom is 0.229 e. The predicted molar refractivity (Wildman–Crippen MR) is 70.2 cm³/mol. The predicted octanol–water partition coefficient (Wildman–Crippen LogP) is -0.0892. The average molecular weight is 285 g/mol. The van der Waals surface area contributed by atoms with Gasteiger partial charge in [0.2, 0.25) is 5.91 Å². The highest BCUT2D eigenvalue weighted by Gasteiger charge is 2.38. The summed E-state index contributed by atoms with van der Waals surface area (Å²) in [6.07, 6.45) is 2.00. The number of carbonyl (C=O) groups is 1. The van der Waals surface area contributed by atoms with E-state index in [1.54, 1.807) is 7.05 Å². The highest BCUT2D eigenvalue weighted by molar-refractivity contribution is 7.90. The van der Waals surface area contributed by atoms with Crippen LogP contribution in [0.3, 0.4) is 0 Å². The second kappa shape index (κ2) is 6.02. The minimum Gasteiger partial charge on any atom is -0.344 e. The smallest absolute Gasteiger partial charge is 0.229 e. The van der Waals surface area contributed by atoms with Crippen LogP contribution in [0.25, 0.3) is 0 Å². The van der Waals surface area contributed by atoms with Crippen molar-refractivity contribution in [3.63, 3.8) is 0 Å². The highest BCUT2D eigenvalue weighted by Crippen LogP contribution is 2.26. The SMILES string of the molecule is CN(CCS(C)(=O)=O)C(=O)C1(C)CCNC1.Cl. The lowest BCUT2D eigenvalue weighted by Crippen LogP contribution is -2.43. The lowest BCUT2D eigenvalue weighted by molar-refractivity contribution is -0.138. The Kier molecular flexibility index (Phi) is 5.90. The molecule has 1 fully saturated rings. The molecule has 1 unspecified atom stereocenters. The molecule has 1 rings (SSSR count). The monoisotopic (exact) mass is 284 g/mol. The number of hydrogen-bond acceptors (Lipinski definition) is 4. The molecule has 1 saturated heterocycles. The fourth-order valence-electron chi connectivity index (χ4n) is 1.86. The van der Waals surface area contributed by atoms with Gasteiger partial charge in [0.15, 0.2) is 0 Å². The molecule has 0 aliphatic carbocycles. The van der Waals surface area contributed by atoms with Crippen LogP contribution in [0.2, 0.25) is 0 Å². The van der Waals surface area contributed by atoms with Gasteiger partial charge in [0.25, 0.3) is 0 Å². The first-order valence-corrected chi connectivity index (χ1v) is 7.45. The molecular formula is C10H21ClN2O3S. The lowest BCUT2D eigenvalue weighted by Gasteiger charge is -2.28. The molecule has 17 heavy (non-hydrogen) atoms. The van der Waals surface area contributed by atoms with Crippen LogP contribution in [0, 0.1) is 5.41 Å². The number of nitrogens with zero attached hydrogens (tertiary/aromatic N) is 1. The third kappa shape index (κ3) is 4.81. The number of halogens is 1. The normalized spacial score (nSPS) is 24.2. The largest absolute Gasteiger partial charge is 0.344 e. The van der Waals surface area contributed by atoms with Gasteiger partial charge in [-0.2, -0.15) is 0 Å². The Morgan fingerprint density at radius 2 is 2.06 bits per heavy atom. The number of rotatable bonds is 4. The average Bonchev–Trinajstić information content (AvgIpc) is 2.60. The standard InChI is InChI=1S/C10H20N2O3S.ClH/c1-10(4-5-11-8-10)9(13)12(2)6-7-16(3,14)15;/h11H,4-8H2,1-3H3;1H. The maximum atomic E-state index is 12.1. The summed E-state index contributed by atoms with van der Waals surface area (Å²) in [4.78, 5) is 13.6. The van der Waals surface area contributed by atoms with E-state index in [1.807, 2.05) is 6.92 Å². The Morgan fingerprint density at radius 1 is 1.47 bits per heavy atom. The van der Waals surface area contributed by atoms with E-state index < -0.39 is 9.84 Å². The number of amides is 1. The Balaban J connectivity index is 0.00000256. The first-order valence-electron chi connectivity index (χ1n) is 5.39. The van der Waals surface area contributed by atoms with Crippen LogP contribution < -0.4 is 5.32 Å². The third-order valence-corrected chi connectivity index (χ3v) is 3.95. The molecule has 0 aromatic heterocycles. The summed E-state index contributed by atoms with van der Waals surface area (Å²) in [7, 11) is -1.34. The Morgan fingerprint density at radius 3 is 2.47 bits per heavy atom. The second-order valence-electron chi connectivity index (χ2n) is 4.84. The van der Waals surface area contributed by atoms with Crippen molar-refractivity contribution in [3.8, 4) is 0 Å². The van der Waals surface area contributed by atoms with E-state index >= 15 is 0 Å². The molecule has 0 radical (unpaired) electrons. The molecule has 0 saturated carbocycles. The van der Waals surface area contributed by atoms with Gasteiger partial charge in [-0.05, 0) is 19.9 Å². The van der Waals surface area contributed by atoms with Crippen LogP contribution in [-0.2, 0) is 14.6 Å². The van der Waals surface area contributed by atoms with Gasteiger partial charge in [0.05, 0.1) is 11.2 Å². The molecule has 1 amide bonds. The summed E-state index contributed by atoms with van der Waals surface area (Å²) in [5.41, 5.74) is -0.369. The molecule has 5 nitrogen and oxygen atoms in total. The number of hydrogen-bond donors (Lipinski definition) is 1. The van der Waals surface area contributed by atoms with Crippen molar-refractivity contribution in [1.82, 2.24) is 10.2 Å². The molecule has 0 aromatic rings. The van der Waals surface area contributed by atoms with Crippen molar-refractivity contribution < 1.29 is 13.2 Å². The molecule has 1 aliphatic heterocycles. The minimum atomic E-state index is -3.01. The van der Waals surface area contributed by atoms with Crippen LogP contribution in [0.4, 0.5) is 0 Å². The van der Waals surface area contributed by atoms with Crippen molar-refractivity contribution in [3.05, 3.63) is 0 Å². The van der Waals surface area contributed by atoms with Crippen LogP contribution in [-0.4, -0.2) is 57.9 Å². The lowest BCUT2D eigenvalue weighted by atomic mass is 9.88. The molecule has 1 atom stereocenters. The van der Waals surface area contributed by atoms with Crippen LogP contribution in [0.5, 0.6) is 0 Å². The Hall–Kier alpha value is -0.330. The van der Waals surface area contributed by atoms with E-state index in [-0.39, 0.29) is 36.0 Å². The van der Waals surface area contributed by atoms with Crippen LogP contribution in [0.1, 0.15) is 13.3 Å². The highest BCUT2D eigenvalue weighted by atomic mass is 35.5. The molecule has 0 aromatic carbocycles. The van der Waals surface area contributed by atoms with Crippen molar-refractivity contribution >= 4 is 28.2 Å². The van der Waals surface area contributed by atoms with E-state index in [0.717, 1.165) is 13.0 Å². The molecule has 1 aliphatic rings. The number of carbonyl (C=O) groups excluding carboxylic acids is 1. The van der Waals surface area contributed by atoms with Gasteiger partial charge >= 0.3 is 0 Å². The van der Waals surface area contributed by atoms with E-state index in [1.165, 1.54) is 11.2 Å². The third-order valence-electron chi connectivity index (χ3n) is 3.03. The van der Waals surface area contributed by atoms with Crippen molar-refractivity contribution in [2.45, 2.75) is 13.3 Å². The summed E-state index contributed by atoms with van der Waals surface area (Å²) < 4.78 is 22.0. The molecule has 7 heteroatoms. The second-order valence-corrected chi connectivity index (χ2v) is 7.10. The van der Waals surface area contributed by atoms with E-state index in [4.69, 9.17) is 0 Å². The topological polar surface area (TPSA) is 66.5 Å². The fourth-order valence-corrected chi connectivity index (χ4v) is 2.47. The van der Waals surface area contributed by atoms with Gasteiger partial charge in [-0.1, -0.05) is 0 Å². The van der Waals surface area contributed by atoms with Gasteiger partial charge in [0.1, 0.15) is 9.84 Å². The van der Waals surface area contributed by atoms with Gasteiger partial charge in [-0.15, -0.1) is 12.4 Å². The zero-order chi connectivity index (χ0) is 12.4. The summed E-state index contributed by atoms with van der Waals surface area (Å²) in [5, 5.41) is 3.16. The van der Waals surface area contributed by atoms with E-state index in [0.29, 0.717) is 6.54 Å². The molecule has 1 N–H and O–H groups in total.